The van der Waals surface area contributed by atoms with Crippen LogP contribution in [0.15, 0.2) is 67.0 Å². The average Bonchev–Trinajstić information content (AvgIpc) is 3.20. The molecule has 0 aliphatic carbocycles. The number of benzene rings is 2. The number of carbonyl (C=O) groups is 2. The zero-order chi connectivity index (χ0) is 21.8. The van der Waals surface area contributed by atoms with E-state index in [-0.39, 0.29) is 25.0 Å². The van der Waals surface area contributed by atoms with Crippen LogP contribution >= 0.6 is 0 Å². The van der Waals surface area contributed by atoms with Gasteiger partial charge in [0.2, 0.25) is 5.91 Å². The number of aromatic nitrogens is 2. The molecule has 1 aromatic heterocycles. The number of carbonyl (C=O) groups excluding carboxylic acids is 2. The smallest absolute Gasteiger partial charge is 0.255 e. The number of hydrogen-bond acceptors (Lipinski definition) is 5. The van der Waals surface area contributed by atoms with Gasteiger partial charge in [-0.1, -0.05) is 30.3 Å². The first kappa shape index (κ1) is 20.8. The molecule has 2 amide bonds. The van der Waals surface area contributed by atoms with Gasteiger partial charge < -0.3 is 24.6 Å². The molecule has 1 saturated heterocycles. The number of imidazole rings is 1. The molecule has 0 bridgehead atoms. The Morgan fingerprint density at radius 3 is 2.58 bits per heavy atom. The molecule has 0 saturated carbocycles. The molecule has 2 aromatic carbocycles. The first-order valence-corrected chi connectivity index (χ1v) is 10.0. The predicted octanol–water partition coefficient (Wildman–Crippen LogP) is 2.13. The molecule has 1 aliphatic heterocycles. The van der Waals surface area contributed by atoms with E-state index in [1.807, 2.05) is 48.1 Å². The largest absolute Gasteiger partial charge is 0.394 e. The van der Waals surface area contributed by atoms with Crippen molar-refractivity contribution in [3.05, 3.63) is 83.9 Å². The lowest BCUT2D eigenvalue weighted by molar-refractivity contribution is -0.162. The van der Waals surface area contributed by atoms with Gasteiger partial charge in [0.15, 0.2) is 0 Å². The van der Waals surface area contributed by atoms with Gasteiger partial charge in [-0.3, -0.25) is 9.59 Å². The third kappa shape index (κ3) is 4.50. The van der Waals surface area contributed by atoms with Crippen LogP contribution in [-0.2, 0) is 23.1 Å². The highest BCUT2D eigenvalue weighted by Crippen LogP contribution is 2.30. The van der Waals surface area contributed by atoms with E-state index in [0.29, 0.717) is 17.8 Å². The molecule has 2 heterocycles. The zero-order valence-electron chi connectivity index (χ0n) is 17.1. The lowest BCUT2D eigenvalue weighted by Crippen LogP contribution is -2.52. The maximum absolute atomic E-state index is 12.5. The van der Waals surface area contributed by atoms with Crippen LogP contribution in [0.1, 0.15) is 27.8 Å². The molecule has 2 atom stereocenters. The third-order valence-corrected chi connectivity index (χ3v) is 5.41. The van der Waals surface area contributed by atoms with Gasteiger partial charge in [0, 0.05) is 30.7 Å². The van der Waals surface area contributed by atoms with E-state index < -0.39 is 12.1 Å². The minimum absolute atomic E-state index is 0.0713. The second kappa shape index (κ2) is 9.11. The number of nitrogens with zero attached hydrogens (tertiary/aromatic N) is 3. The van der Waals surface area contributed by atoms with Crippen molar-refractivity contribution < 1.29 is 19.4 Å². The molecule has 8 nitrogen and oxygen atoms in total. The molecule has 2 N–H and O–H groups in total. The van der Waals surface area contributed by atoms with Crippen LogP contribution in [0.2, 0.25) is 0 Å². The van der Waals surface area contributed by atoms with Crippen LogP contribution in [0.25, 0.3) is 0 Å². The van der Waals surface area contributed by atoms with E-state index in [2.05, 4.69) is 10.3 Å². The quantitative estimate of drug-likeness (QED) is 0.637. The summed E-state index contributed by atoms with van der Waals surface area (Å²) in [7, 11) is 1.86. The fraction of sp³-hybridized carbons (Fsp3) is 0.261. The summed E-state index contributed by atoms with van der Waals surface area (Å²) in [6.07, 6.45) is 3.00. The Labute approximate surface area is 180 Å². The summed E-state index contributed by atoms with van der Waals surface area (Å²) in [6, 6.07) is 15.7. The third-order valence-electron chi connectivity index (χ3n) is 5.41. The van der Waals surface area contributed by atoms with Gasteiger partial charge in [0.25, 0.3) is 5.91 Å². The number of anilines is 1. The molecule has 3 aromatic rings. The molecular formula is C23H24N4O4. The number of amides is 2. The molecule has 160 valence electrons. The number of nitrogens with one attached hydrogen (secondary N) is 1. The molecule has 8 heteroatoms. The normalized spacial score (nSPS) is 18.8. The number of aryl methyl sites for hydroxylation is 1. The number of rotatable bonds is 6. The highest BCUT2D eigenvalue weighted by atomic mass is 16.5. The summed E-state index contributed by atoms with van der Waals surface area (Å²) in [5.74, 6) is 0.346. The molecule has 0 radical (unpaired) electrons. The summed E-state index contributed by atoms with van der Waals surface area (Å²) in [5.41, 5.74) is 2.04. The minimum Gasteiger partial charge on any atom is -0.394 e. The van der Waals surface area contributed by atoms with E-state index in [0.717, 1.165) is 11.4 Å². The number of hydrogen-bond donors (Lipinski definition) is 2. The molecule has 31 heavy (non-hydrogen) atoms. The molecule has 1 aliphatic rings. The van der Waals surface area contributed by atoms with E-state index in [1.165, 1.54) is 0 Å². The first-order chi connectivity index (χ1) is 15.1. The summed E-state index contributed by atoms with van der Waals surface area (Å²) < 4.78 is 7.63. The van der Waals surface area contributed by atoms with E-state index in [9.17, 15) is 14.7 Å². The summed E-state index contributed by atoms with van der Waals surface area (Å²) >= 11 is 0. The van der Waals surface area contributed by atoms with Crippen molar-refractivity contribution in [1.29, 1.82) is 0 Å². The topological polar surface area (TPSA) is 96.7 Å². The van der Waals surface area contributed by atoms with Crippen LogP contribution in [0.4, 0.5) is 5.69 Å². The summed E-state index contributed by atoms with van der Waals surface area (Å²) in [5, 5.41) is 12.9. The Morgan fingerprint density at radius 2 is 1.94 bits per heavy atom. The van der Waals surface area contributed by atoms with Crippen molar-refractivity contribution in [1.82, 2.24) is 14.5 Å². The number of morpholine rings is 1. The van der Waals surface area contributed by atoms with E-state index in [1.54, 1.807) is 35.4 Å². The lowest BCUT2D eigenvalue weighted by Gasteiger charge is -2.40. The standard InChI is InChI=1S/C23H24N4O4/c1-26-12-11-24-20(26)13-27-19(14-28)22(31-15-21(27)29)16-7-9-18(10-8-16)25-23(30)17-5-3-2-4-6-17/h2-12,19,22,28H,13-15H2,1H3,(H,25,30)/t19-,22-/m1/s1. The molecule has 0 spiro atoms. The fourth-order valence-corrected chi connectivity index (χ4v) is 3.67. The Bertz CT molecular complexity index is 1050. The second-order valence-electron chi connectivity index (χ2n) is 7.40. The molecular weight excluding hydrogens is 396 g/mol. The Kier molecular flexibility index (Phi) is 6.11. The monoisotopic (exact) mass is 420 g/mol. The van der Waals surface area contributed by atoms with Gasteiger partial charge >= 0.3 is 0 Å². The highest BCUT2D eigenvalue weighted by molar-refractivity contribution is 6.04. The van der Waals surface area contributed by atoms with Crippen molar-refractivity contribution >= 4 is 17.5 Å². The number of ether oxygens (including phenoxy) is 1. The molecule has 4 rings (SSSR count). The Hall–Kier alpha value is -3.49. The SMILES string of the molecule is Cn1ccnc1CN1C(=O)CO[C@H](c2ccc(NC(=O)c3ccccc3)cc2)[C@H]1CO. The maximum atomic E-state index is 12.5. The van der Waals surface area contributed by atoms with E-state index in [4.69, 9.17) is 4.74 Å². The molecule has 0 unspecified atom stereocenters. The van der Waals surface area contributed by atoms with E-state index >= 15 is 0 Å². The van der Waals surface area contributed by atoms with Crippen LogP contribution < -0.4 is 5.32 Å². The first-order valence-electron chi connectivity index (χ1n) is 10.0. The van der Waals surface area contributed by atoms with Gasteiger partial charge in [0.1, 0.15) is 18.5 Å². The Morgan fingerprint density at radius 1 is 1.19 bits per heavy atom. The van der Waals surface area contributed by atoms with Gasteiger partial charge in [-0.25, -0.2) is 4.98 Å². The van der Waals surface area contributed by atoms with Crippen LogP contribution in [0.3, 0.4) is 0 Å². The highest BCUT2D eigenvalue weighted by Gasteiger charge is 2.37. The number of aliphatic hydroxyl groups excluding tert-OH is 1. The second-order valence-corrected chi connectivity index (χ2v) is 7.40. The van der Waals surface area contributed by atoms with Crippen molar-refractivity contribution in [2.45, 2.75) is 18.7 Å². The van der Waals surface area contributed by atoms with Crippen LogP contribution in [0, 0.1) is 0 Å². The lowest BCUT2D eigenvalue weighted by atomic mass is 9.99. The predicted molar refractivity (Wildman–Crippen MR) is 114 cm³/mol. The number of aliphatic hydroxyl groups is 1. The van der Waals surface area contributed by atoms with Gasteiger partial charge in [-0.05, 0) is 29.8 Å². The van der Waals surface area contributed by atoms with Crippen molar-refractivity contribution in [3.8, 4) is 0 Å². The van der Waals surface area contributed by atoms with Crippen molar-refractivity contribution in [2.75, 3.05) is 18.5 Å². The van der Waals surface area contributed by atoms with Crippen molar-refractivity contribution in [3.63, 3.8) is 0 Å². The van der Waals surface area contributed by atoms with Crippen molar-refractivity contribution in [2.24, 2.45) is 7.05 Å². The maximum Gasteiger partial charge on any atom is 0.255 e. The van der Waals surface area contributed by atoms with Gasteiger partial charge in [0.05, 0.1) is 19.2 Å². The minimum atomic E-state index is -0.539. The fourth-order valence-electron chi connectivity index (χ4n) is 3.67. The van der Waals surface area contributed by atoms with Crippen LogP contribution in [0.5, 0.6) is 0 Å². The van der Waals surface area contributed by atoms with Gasteiger partial charge in [-0.2, -0.15) is 0 Å². The van der Waals surface area contributed by atoms with Gasteiger partial charge in [-0.15, -0.1) is 0 Å². The average molecular weight is 420 g/mol. The Balaban J connectivity index is 1.49. The molecule has 1 fully saturated rings. The van der Waals surface area contributed by atoms with Crippen LogP contribution in [-0.4, -0.2) is 50.6 Å². The summed E-state index contributed by atoms with van der Waals surface area (Å²) in [4.78, 5) is 30.7. The summed E-state index contributed by atoms with van der Waals surface area (Å²) in [6.45, 7) is -0.0238. The zero-order valence-corrected chi connectivity index (χ0v) is 17.1.